The third-order valence-electron chi connectivity index (χ3n) is 5.12. The lowest BCUT2D eigenvalue weighted by atomic mass is 9.98. The van der Waals surface area contributed by atoms with Crippen molar-refractivity contribution < 1.29 is 14.6 Å². The molecule has 2 heterocycles. The summed E-state index contributed by atoms with van der Waals surface area (Å²) in [7, 11) is 1.64. The van der Waals surface area contributed by atoms with Crippen LogP contribution in [0.5, 0.6) is 5.75 Å². The Bertz CT molecular complexity index is 764. The molecule has 1 fully saturated rings. The molecule has 1 saturated heterocycles. The molecular weight excluding hydrogens is 342 g/mol. The lowest BCUT2D eigenvalue weighted by molar-refractivity contribution is -0.144. The molecule has 1 aliphatic rings. The van der Waals surface area contributed by atoms with Crippen LogP contribution in [0.25, 0.3) is 0 Å². The Morgan fingerprint density at radius 1 is 1.19 bits per heavy atom. The third-order valence-corrected chi connectivity index (χ3v) is 5.12. The molecule has 27 heavy (non-hydrogen) atoms. The number of carbonyl (C=O) groups is 1. The van der Waals surface area contributed by atoms with Gasteiger partial charge in [0.05, 0.1) is 12.8 Å². The normalized spacial score (nSPS) is 16.9. The van der Waals surface area contributed by atoms with Gasteiger partial charge in [0, 0.05) is 38.9 Å². The highest BCUT2D eigenvalue weighted by atomic mass is 16.5. The number of nitrogens with zero attached hydrogens (tertiary/aromatic N) is 3. The zero-order chi connectivity index (χ0) is 19.4. The van der Waals surface area contributed by atoms with E-state index in [2.05, 4.69) is 14.8 Å². The van der Waals surface area contributed by atoms with Gasteiger partial charge in [-0.25, -0.2) is 0 Å². The van der Waals surface area contributed by atoms with Gasteiger partial charge in [-0.05, 0) is 42.7 Å². The van der Waals surface area contributed by atoms with E-state index in [4.69, 9.17) is 4.74 Å². The Hall–Kier alpha value is -2.44. The molecule has 0 aliphatic carbocycles. The minimum absolute atomic E-state index is 0.634. The van der Waals surface area contributed by atoms with Crippen molar-refractivity contribution in [2.75, 3.05) is 33.3 Å². The van der Waals surface area contributed by atoms with Crippen LogP contribution >= 0.6 is 0 Å². The Balaban J connectivity index is 1.71. The van der Waals surface area contributed by atoms with E-state index in [1.165, 1.54) is 0 Å². The fourth-order valence-corrected chi connectivity index (χ4v) is 3.87. The van der Waals surface area contributed by atoms with Gasteiger partial charge in [0.25, 0.3) is 0 Å². The Morgan fingerprint density at radius 3 is 2.37 bits per heavy atom. The molecule has 144 valence electrons. The molecule has 2 aromatic rings. The van der Waals surface area contributed by atoms with E-state index in [-0.39, 0.29) is 0 Å². The zero-order valence-corrected chi connectivity index (χ0v) is 16.2. The first-order valence-corrected chi connectivity index (χ1v) is 9.24. The molecule has 1 aliphatic heterocycles. The van der Waals surface area contributed by atoms with Gasteiger partial charge in [0.1, 0.15) is 11.8 Å². The molecule has 0 saturated carbocycles. The lowest BCUT2D eigenvalue weighted by Gasteiger charge is -2.38. The number of aromatic nitrogens is 1. The second-order valence-electron chi connectivity index (χ2n) is 7.06. The van der Waals surface area contributed by atoms with Crippen LogP contribution in [0.2, 0.25) is 0 Å². The summed E-state index contributed by atoms with van der Waals surface area (Å²) in [5, 5.41) is 9.89. The van der Waals surface area contributed by atoms with Crippen molar-refractivity contribution in [2.45, 2.75) is 26.4 Å². The van der Waals surface area contributed by atoms with Crippen LogP contribution in [0.4, 0.5) is 0 Å². The first-order chi connectivity index (χ1) is 13.0. The largest absolute Gasteiger partial charge is 0.496 e. The predicted molar refractivity (Wildman–Crippen MR) is 104 cm³/mol. The molecule has 0 radical (unpaired) electrons. The number of piperazine rings is 1. The maximum absolute atomic E-state index is 12.1. The number of methoxy groups -OCH3 is 1. The second-order valence-corrected chi connectivity index (χ2v) is 7.06. The first-order valence-electron chi connectivity index (χ1n) is 9.24. The summed E-state index contributed by atoms with van der Waals surface area (Å²) in [6, 6.07) is 9.17. The number of ether oxygens (including phenoxy) is 1. The number of aryl methyl sites for hydroxylation is 2. The summed E-state index contributed by atoms with van der Waals surface area (Å²) in [4.78, 5) is 20.8. The number of rotatable bonds is 6. The molecular formula is C21H27N3O3. The van der Waals surface area contributed by atoms with Crippen molar-refractivity contribution >= 4 is 5.97 Å². The Labute approximate surface area is 160 Å². The number of hydrogen-bond donors (Lipinski definition) is 1. The van der Waals surface area contributed by atoms with Crippen LogP contribution < -0.4 is 4.74 Å². The van der Waals surface area contributed by atoms with E-state index in [1.807, 2.05) is 44.2 Å². The number of pyridine rings is 1. The summed E-state index contributed by atoms with van der Waals surface area (Å²) in [6.07, 6.45) is 1.81. The minimum Gasteiger partial charge on any atom is -0.496 e. The van der Waals surface area contributed by atoms with Crippen molar-refractivity contribution in [1.29, 1.82) is 0 Å². The van der Waals surface area contributed by atoms with Crippen molar-refractivity contribution in [3.8, 4) is 5.75 Å². The Morgan fingerprint density at radius 2 is 1.85 bits per heavy atom. The third kappa shape index (κ3) is 4.46. The van der Waals surface area contributed by atoms with E-state index in [0.29, 0.717) is 13.1 Å². The summed E-state index contributed by atoms with van der Waals surface area (Å²) >= 11 is 0. The maximum atomic E-state index is 12.1. The fraction of sp³-hybridized carbons (Fsp3) is 0.429. The van der Waals surface area contributed by atoms with Crippen LogP contribution in [-0.4, -0.2) is 59.1 Å². The van der Waals surface area contributed by atoms with Crippen molar-refractivity contribution in [1.82, 2.24) is 14.8 Å². The van der Waals surface area contributed by atoms with Gasteiger partial charge in [0.2, 0.25) is 0 Å². The molecule has 0 unspecified atom stereocenters. The number of aliphatic carboxylic acids is 1. The number of benzene rings is 1. The molecule has 6 nitrogen and oxygen atoms in total. The molecule has 1 N–H and O–H groups in total. The molecule has 0 amide bonds. The molecule has 1 aromatic carbocycles. The van der Waals surface area contributed by atoms with Gasteiger partial charge in [-0.3, -0.25) is 19.6 Å². The van der Waals surface area contributed by atoms with Gasteiger partial charge in [-0.15, -0.1) is 0 Å². The van der Waals surface area contributed by atoms with Crippen LogP contribution in [-0.2, 0) is 11.3 Å². The first kappa shape index (κ1) is 19.3. The number of hydrogen-bond acceptors (Lipinski definition) is 5. The summed E-state index contributed by atoms with van der Waals surface area (Å²) < 4.78 is 5.41. The average Bonchev–Trinajstić information content (AvgIpc) is 2.64. The van der Waals surface area contributed by atoms with Crippen LogP contribution in [0.3, 0.4) is 0 Å². The molecule has 0 bridgehead atoms. The monoisotopic (exact) mass is 369 g/mol. The molecule has 1 aromatic heterocycles. The quantitative estimate of drug-likeness (QED) is 0.844. The van der Waals surface area contributed by atoms with E-state index < -0.39 is 12.0 Å². The van der Waals surface area contributed by atoms with E-state index in [0.717, 1.165) is 47.8 Å². The van der Waals surface area contributed by atoms with Crippen LogP contribution in [0, 0.1) is 13.8 Å². The van der Waals surface area contributed by atoms with Crippen molar-refractivity contribution in [3.05, 3.63) is 58.9 Å². The molecule has 0 spiro atoms. The zero-order valence-electron chi connectivity index (χ0n) is 16.2. The van der Waals surface area contributed by atoms with Crippen molar-refractivity contribution in [2.24, 2.45) is 0 Å². The summed E-state index contributed by atoms with van der Waals surface area (Å²) in [5.41, 5.74) is 3.79. The second kappa shape index (κ2) is 8.50. The Kier molecular flexibility index (Phi) is 6.08. The molecule has 1 atom stereocenters. The highest BCUT2D eigenvalue weighted by Gasteiger charge is 2.31. The van der Waals surface area contributed by atoms with Gasteiger partial charge >= 0.3 is 5.97 Å². The maximum Gasteiger partial charge on any atom is 0.325 e. The number of carboxylic acid groups (broad SMARTS) is 1. The fourth-order valence-electron chi connectivity index (χ4n) is 3.87. The van der Waals surface area contributed by atoms with E-state index >= 15 is 0 Å². The van der Waals surface area contributed by atoms with E-state index in [1.54, 1.807) is 13.3 Å². The minimum atomic E-state index is -0.808. The lowest BCUT2D eigenvalue weighted by Crippen LogP contribution is -2.48. The van der Waals surface area contributed by atoms with E-state index in [9.17, 15) is 9.90 Å². The van der Waals surface area contributed by atoms with Gasteiger partial charge in [0.15, 0.2) is 0 Å². The summed E-state index contributed by atoms with van der Waals surface area (Å²) in [5.74, 6) is 0.0141. The smallest absolute Gasteiger partial charge is 0.325 e. The predicted octanol–water partition coefficient (Wildman–Crippen LogP) is 2.65. The number of carboxylic acids is 1. The standard InChI is InChI=1S/C21H27N3O3/c1-15-12-17(13-16(2)20(15)27-3)19(21(25)26)24-10-8-23(9-11-24)14-18-6-4-5-7-22-18/h4-7,12-13,19H,8-11,14H2,1-3H3,(H,25,26)/t19-/m0/s1. The van der Waals surface area contributed by atoms with Gasteiger partial charge in [-0.2, -0.15) is 0 Å². The van der Waals surface area contributed by atoms with Crippen LogP contribution in [0.15, 0.2) is 36.5 Å². The van der Waals surface area contributed by atoms with Gasteiger partial charge in [-0.1, -0.05) is 18.2 Å². The SMILES string of the molecule is COc1c(C)cc([C@@H](C(=O)O)N2CCN(Cc3ccccn3)CC2)cc1C. The summed E-state index contributed by atoms with van der Waals surface area (Å²) in [6.45, 7) is 7.80. The van der Waals surface area contributed by atoms with Crippen molar-refractivity contribution in [3.63, 3.8) is 0 Å². The topological polar surface area (TPSA) is 65.9 Å². The molecule has 3 rings (SSSR count). The highest BCUT2D eigenvalue weighted by Crippen LogP contribution is 2.30. The van der Waals surface area contributed by atoms with Crippen LogP contribution in [0.1, 0.15) is 28.4 Å². The highest BCUT2D eigenvalue weighted by molar-refractivity contribution is 5.76. The van der Waals surface area contributed by atoms with Gasteiger partial charge < -0.3 is 9.84 Å². The molecule has 6 heteroatoms. The average molecular weight is 369 g/mol.